The van der Waals surface area contributed by atoms with Crippen molar-refractivity contribution in [3.63, 3.8) is 0 Å². The zero-order valence-electron chi connectivity index (χ0n) is 19.0. The molecular weight excluding hydrogens is 442 g/mol. The van der Waals surface area contributed by atoms with Gasteiger partial charge in [0.1, 0.15) is 11.5 Å². The van der Waals surface area contributed by atoms with Gasteiger partial charge >= 0.3 is 6.03 Å². The lowest BCUT2D eigenvalue weighted by molar-refractivity contribution is -0.119. The molecule has 1 heterocycles. The van der Waals surface area contributed by atoms with Crippen LogP contribution in [0.4, 0.5) is 4.79 Å². The fourth-order valence-electron chi connectivity index (χ4n) is 3.02. The first-order chi connectivity index (χ1) is 16.0. The Morgan fingerprint density at radius 2 is 1.85 bits per heavy atom. The molecule has 0 spiro atoms. The van der Waals surface area contributed by atoms with Crippen LogP contribution in [0.2, 0.25) is 0 Å². The van der Waals surface area contributed by atoms with Gasteiger partial charge in [-0.3, -0.25) is 14.7 Å². The van der Waals surface area contributed by atoms with Gasteiger partial charge in [-0.1, -0.05) is 23.9 Å². The van der Waals surface area contributed by atoms with Crippen molar-refractivity contribution < 1.29 is 19.1 Å². The van der Waals surface area contributed by atoms with Crippen molar-refractivity contribution in [2.45, 2.75) is 31.2 Å². The Morgan fingerprint density at radius 3 is 2.52 bits per heavy atom. The van der Waals surface area contributed by atoms with Crippen molar-refractivity contribution >= 4 is 23.7 Å². The number of carbonyl (C=O) groups excluding carboxylic acids is 2. The minimum absolute atomic E-state index is 0.421. The van der Waals surface area contributed by atoms with Crippen LogP contribution in [-0.2, 0) is 4.79 Å². The molecule has 0 aliphatic rings. The maximum atomic E-state index is 12.5. The second-order valence-corrected chi connectivity index (χ2v) is 8.22. The summed E-state index contributed by atoms with van der Waals surface area (Å²) in [6.45, 7) is 6.41. The van der Waals surface area contributed by atoms with Gasteiger partial charge in [-0.05, 0) is 57.2 Å². The normalized spacial score (nSPS) is 11.5. The van der Waals surface area contributed by atoms with E-state index in [4.69, 9.17) is 9.47 Å². The van der Waals surface area contributed by atoms with E-state index in [1.165, 1.54) is 11.8 Å². The van der Waals surface area contributed by atoms with Gasteiger partial charge in [-0.2, -0.15) is 0 Å². The summed E-state index contributed by atoms with van der Waals surface area (Å²) in [5.41, 5.74) is 1.61. The fraction of sp³-hybridized carbons (Fsp3) is 0.304. The van der Waals surface area contributed by atoms with Crippen molar-refractivity contribution in [3.05, 3.63) is 48.5 Å². The van der Waals surface area contributed by atoms with Crippen molar-refractivity contribution in [2.24, 2.45) is 0 Å². The van der Waals surface area contributed by atoms with E-state index in [9.17, 15) is 9.59 Å². The molecule has 0 unspecified atom stereocenters. The molecule has 0 aliphatic carbocycles. The van der Waals surface area contributed by atoms with Crippen LogP contribution in [0.5, 0.6) is 11.5 Å². The van der Waals surface area contributed by atoms with Crippen molar-refractivity contribution in [1.29, 1.82) is 0 Å². The van der Waals surface area contributed by atoms with Gasteiger partial charge in [0, 0.05) is 17.8 Å². The molecule has 1 atom stereocenters. The zero-order valence-corrected chi connectivity index (χ0v) is 19.8. The molecule has 0 bridgehead atoms. The minimum Gasteiger partial charge on any atom is -0.497 e. The second-order valence-electron chi connectivity index (χ2n) is 6.91. The van der Waals surface area contributed by atoms with Gasteiger partial charge in [-0.25, -0.2) is 4.79 Å². The van der Waals surface area contributed by atoms with E-state index in [1.54, 1.807) is 21.0 Å². The third-order valence-corrected chi connectivity index (χ3v) is 5.64. The van der Waals surface area contributed by atoms with E-state index in [0.29, 0.717) is 29.9 Å². The largest absolute Gasteiger partial charge is 0.497 e. The molecule has 33 heavy (non-hydrogen) atoms. The lowest BCUT2D eigenvalue weighted by atomic mass is 10.2. The van der Waals surface area contributed by atoms with Crippen LogP contribution in [0.3, 0.4) is 0 Å². The Labute approximate surface area is 196 Å². The van der Waals surface area contributed by atoms with E-state index in [2.05, 4.69) is 20.8 Å². The van der Waals surface area contributed by atoms with E-state index < -0.39 is 17.2 Å². The number of nitrogens with one attached hydrogen (secondary N) is 2. The molecule has 174 valence electrons. The minimum atomic E-state index is -0.587. The summed E-state index contributed by atoms with van der Waals surface area (Å²) in [6.07, 6.45) is 0. The lowest BCUT2D eigenvalue weighted by Gasteiger charge is -2.14. The van der Waals surface area contributed by atoms with E-state index in [0.717, 1.165) is 17.0 Å². The van der Waals surface area contributed by atoms with E-state index >= 15 is 0 Å². The number of benzene rings is 2. The summed E-state index contributed by atoms with van der Waals surface area (Å²) in [5.74, 6) is 1.62. The van der Waals surface area contributed by atoms with Crippen LogP contribution in [0, 0.1) is 0 Å². The van der Waals surface area contributed by atoms with Gasteiger partial charge in [0.2, 0.25) is 5.91 Å². The average Bonchev–Trinajstić information content (AvgIpc) is 3.23. The predicted octanol–water partition coefficient (Wildman–Crippen LogP) is 3.67. The molecule has 2 N–H and O–H groups in total. The van der Waals surface area contributed by atoms with Crippen LogP contribution < -0.4 is 20.1 Å². The molecule has 3 aromatic rings. The Balaban J connectivity index is 1.97. The molecule has 0 radical (unpaired) electrons. The number of hydrogen-bond donors (Lipinski definition) is 2. The van der Waals surface area contributed by atoms with Crippen LogP contribution >= 0.6 is 11.8 Å². The first-order valence-electron chi connectivity index (χ1n) is 10.5. The average molecular weight is 470 g/mol. The Bertz CT molecular complexity index is 1100. The molecule has 0 saturated carbocycles. The van der Waals surface area contributed by atoms with Crippen LogP contribution in [0.15, 0.2) is 53.7 Å². The van der Waals surface area contributed by atoms with E-state index in [1.807, 2.05) is 60.0 Å². The molecular formula is C23H27N5O4S. The number of rotatable bonds is 9. The van der Waals surface area contributed by atoms with Gasteiger partial charge in [0.15, 0.2) is 11.0 Å². The van der Waals surface area contributed by atoms with E-state index in [-0.39, 0.29) is 0 Å². The third-order valence-electron chi connectivity index (χ3n) is 4.59. The predicted molar refractivity (Wildman–Crippen MR) is 127 cm³/mol. The first-order valence-corrected chi connectivity index (χ1v) is 11.4. The number of amides is 3. The number of ether oxygens (including phenoxy) is 2. The number of urea groups is 1. The molecule has 1 aromatic heterocycles. The molecule has 2 aromatic carbocycles. The molecule has 10 heteroatoms. The lowest BCUT2D eigenvalue weighted by Crippen LogP contribution is -2.42. The number of methoxy groups -OCH3 is 1. The highest BCUT2D eigenvalue weighted by molar-refractivity contribution is 8.00. The number of nitrogens with zero attached hydrogens (tertiary/aromatic N) is 3. The Morgan fingerprint density at radius 1 is 1.09 bits per heavy atom. The van der Waals surface area contributed by atoms with Gasteiger partial charge in [-0.15, -0.1) is 10.2 Å². The molecule has 0 aliphatic heterocycles. The van der Waals surface area contributed by atoms with Gasteiger partial charge in [0.05, 0.1) is 19.0 Å². The highest BCUT2D eigenvalue weighted by atomic mass is 32.2. The Hall–Kier alpha value is -3.53. The quantitative estimate of drug-likeness (QED) is 0.461. The summed E-state index contributed by atoms with van der Waals surface area (Å²) >= 11 is 1.21. The number of thioether (sulfide) groups is 1. The number of carbonyl (C=O) groups is 2. The van der Waals surface area contributed by atoms with Crippen molar-refractivity contribution in [2.75, 3.05) is 20.3 Å². The van der Waals surface area contributed by atoms with Crippen molar-refractivity contribution in [1.82, 2.24) is 25.4 Å². The van der Waals surface area contributed by atoms with Crippen LogP contribution in [-0.4, -0.2) is 52.2 Å². The number of imide groups is 1. The SMILES string of the molecule is CCNC(=O)NC(=O)[C@@H](C)Sc1nnc(-c2cccc(OC)c2)n1-c1ccc(OCC)cc1. The first kappa shape index (κ1) is 24.1. The molecule has 3 rings (SSSR count). The molecule has 9 nitrogen and oxygen atoms in total. The number of hydrogen-bond acceptors (Lipinski definition) is 7. The second kappa shape index (κ2) is 11.4. The zero-order chi connectivity index (χ0) is 23.8. The smallest absolute Gasteiger partial charge is 0.321 e. The van der Waals surface area contributed by atoms with Crippen LogP contribution in [0.1, 0.15) is 20.8 Å². The van der Waals surface area contributed by atoms with Crippen LogP contribution in [0.25, 0.3) is 17.1 Å². The summed E-state index contributed by atoms with van der Waals surface area (Å²) in [4.78, 5) is 24.2. The summed E-state index contributed by atoms with van der Waals surface area (Å²) in [7, 11) is 1.60. The maximum Gasteiger partial charge on any atom is 0.321 e. The highest BCUT2D eigenvalue weighted by Gasteiger charge is 2.23. The highest BCUT2D eigenvalue weighted by Crippen LogP contribution is 2.32. The topological polar surface area (TPSA) is 107 Å². The van der Waals surface area contributed by atoms with Gasteiger partial charge < -0.3 is 14.8 Å². The third kappa shape index (κ3) is 6.04. The summed E-state index contributed by atoms with van der Waals surface area (Å²) in [5, 5.41) is 13.5. The standard InChI is InChI=1S/C23H27N5O4S/c1-5-24-22(30)25-21(29)15(3)33-23-27-26-20(16-8-7-9-19(14-16)31-4)28(23)17-10-12-18(13-11-17)32-6-2/h7-15H,5-6H2,1-4H3,(H2,24,25,29,30)/t15-/m1/s1. The van der Waals surface area contributed by atoms with Gasteiger partial charge in [0.25, 0.3) is 0 Å². The molecule has 0 saturated heterocycles. The maximum absolute atomic E-state index is 12.5. The Kier molecular flexibility index (Phi) is 8.31. The summed E-state index contributed by atoms with van der Waals surface area (Å²) in [6, 6.07) is 14.5. The van der Waals surface area contributed by atoms with Crippen molar-refractivity contribution in [3.8, 4) is 28.6 Å². The fourth-order valence-corrected chi connectivity index (χ4v) is 3.88. The molecule has 3 amide bonds. The number of aromatic nitrogens is 3. The molecule has 0 fully saturated rings. The summed E-state index contributed by atoms with van der Waals surface area (Å²) < 4.78 is 12.8. The monoisotopic (exact) mass is 469 g/mol.